The van der Waals surface area contributed by atoms with Crippen LogP contribution in [0.4, 0.5) is 5.69 Å². The van der Waals surface area contributed by atoms with Crippen molar-refractivity contribution in [3.8, 4) is 5.75 Å². The zero-order chi connectivity index (χ0) is 14.6. The molecule has 0 saturated heterocycles. The molecule has 1 saturated carbocycles. The Kier molecular flexibility index (Phi) is 4.81. The molecule has 0 unspecified atom stereocenters. The highest BCUT2D eigenvalue weighted by Crippen LogP contribution is 2.38. The zero-order valence-corrected chi connectivity index (χ0v) is 12.6. The van der Waals surface area contributed by atoms with Gasteiger partial charge in [0.05, 0.1) is 5.69 Å². The minimum absolute atomic E-state index is 0.0464. The van der Waals surface area contributed by atoms with Crippen molar-refractivity contribution in [2.75, 3.05) is 18.5 Å². The highest BCUT2D eigenvalue weighted by molar-refractivity contribution is 8.00. The summed E-state index contributed by atoms with van der Waals surface area (Å²) in [5.41, 5.74) is 6.27. The molecule has 0 bridgehead atoms. The number of hydrogen-bond donors (Lipinski definition) is 3. The van der Waals surface area contributed by atoms with Crippen LogP contribution < -0.4 is 11.1 Å². The molecule has 0 radical (unpaired) electrons. The van der Waals surface area contributed by atoms with Gasteiger partial charge in [-0.2, -0.15) is 11.8 Å². The van der Waals surface area contributed by atoms with Crippen LogP contribution in [0.2, 0.25) is 0 Å². The molecule has 1 aliphatic carbocycles. The SMILES string of the molecule is CSC1(CNC(=O)c2ccc(N)c(O)c2)CCCCC1. The van der Waals surface area contributed by atoms with E-state index in [4.69, 9.17) is 5.73 Å². The number of carbonyl (C=O) groups excluding carboxylic acids is 1. The number of phenolic OH excluding ortho intramolecular Hbond substituents is 1. The second kappa shape index (κ2) is 6.39. The summed E-state index contributed by atoms with van der Waals surface area (Å²) in [7, 11) is 0. The molecule has 1 fully saturated rings. The minimum atomic E-state index is -0.153. The van der Waals surface area contributed by atoms with Gasteiger partial charge in [0.25, 0.3) is 5.91 Å². The van der Waals surface area contributed by atoms with Gasteiger partial charge < -0.3 is 16.2 Å². The molecule has 4 nitrogen and oxygen atoms in total. The van der Waals surface area contributed by atoms with E-state index < -0.39 is 0 Å². The van der Waals surface area contributed by atoms with Crippen LogP contribution in [0.3, 0.4) is 0 Å². The Morgan fingerprint density at radius 1 is 1.40 bits per heavy atom. The molecule has 1 aromatic rings. The largest absolute Gasteiger partial charge is 0.506 e. The average Bonchev–Trinajstić information content (AvgIpc) is 2.48. The van der Waals surface area contributed by atoms with E-state index in [1.807, 2.05) is 11.8 Å². The lowest BCUT2D eigenvalue weighted by molar-refractivity contribution is 0.0946. The molecule has 0 aliphatic heterocycles. The quantitative estimate of drug-likeness (QED) is 0.589. The summed E-state index contributed by atoms with van der Waals surface area (Å²) in [4.78, 5) is 12.1. The number of nitrogens with two attached hydrogens (primary N) is 1. The molecule has 1 amide bonds. The van der Waals surface area contributed by atoms with Gasteiger partial charge in [0.15, 0.2) is 0 Å². The fraction of sp³-hybridized carbons (Fsp3) is 0.533. The number of anilines is 1. The number of phenols is 1. The molecule has 0 spiro atoms. The van der Waals surface area contributed by atoms with Crippen molar-refractivity contribution in [1.29, 1.82) is 0 Å². The lowest BCUT2D eigenvalue weighted by Crippen LogP contribution is -2.41. The van der Waals surface area contributed by atoms with Gasteiger partial charge in [0, 0.05) is 16.9 Å². The van der Waals surface area contributed by atoms with Crippen LogP contribution in [0.1, 0.15) is 42.5 Å². The van der Waals surface area contributed by atoms with Crippen molar-refractivity contribution >= 4 is 23.4 Å². The monoisotopic (exact) mass is 294 g/mol. The van der Waals surface area contributed by atoms with Gasteiger partial charge in [0.1, 0.15) is 5.75 Å². The summed E-state index contributed by atoms with van der Waals surface area (Å²) in [6.07, 6.45) is 8.19. The molecule has 4 N–H and O–H groups in total. The molecular formula is C15H22N2O2S. The Hall–Kier alpha value is -1.36. The van der Waals surface area contributed by atoms with Crippen molar-refractivity contribution in [2.24, 2.45) is 0 Å². The maximum absolute atomic E-state index is 12.1. The lowest BCUT2D eigenvalue weighted by atomic mass is 9.88. The average molecular weight is 294 g/mol. The maximum Gasteiger partial charge on any atom is 0.251 e. The molecule has 0 aromatic heterocycles. The molecule has 20 heavy (non-hydrogen) atoms. The predicted octanol–water partition coefficient (Wildman–Crippen LogP) is 2.77. The Morgan fingerprint density at radius 3 is 2.70 bits per heavy atom. The van der Waals surface area contributed by atoms with E-state index in [9.17, 15) is 9.90 Å². The smallest absolute Gasteiger partial charge is 0.251 e. The fourth-order valence-corrected chi connectivity index (χ4v) is 3.59. The predicted molar refractivity (Wildman–Crippen MR) is 84.2 cm³/mol. The summed E-state index contributed by atoms with van der Waals surface area (Å²) in [6, 6.07) is 4.60. The first-order chi connectivity index (χ1) is 9.56. The molecular weight excluding hydrogens is 272 g/mol. The van der Waals surface area contributed by atoms with E-state index in [0.29, 0.717) is 12.1 Å². The van der Waals surface area contributed by atoms with Gasteiger partial charge >= 0.3 is 0 Å². The van der Waals surface area contributed by atoms with Crippen LogP contribution in [0.15, 0.2) is 18.2 Å². The zero-order valence-electron chi connectivity index (χ0n) is 11.8. The van der Waals surface area contributed by atoms with E-state index in [-0.39, 0.29) is 22.1 Å². The highest BCUT2D eigenvalue weighted by atomic mass is 32.2. The van der Waals surface area contributed by atoms with Crippen molar-refractivity contribution < 1.29 is 9.90 Å². The molecule has 0 heterocycles. The summed E-state index contributed by atoms with van der Waals surface area (Å²) >= 11 is 1.85. The maximum atomic E-state index is 12.1. The van der Waals surface area contributed by atoms with Crippen LogP contribution in [0, 0.1) is 0 Å². The van der Waals surface area contributed by atoms with Crippen molar-refractivity contribution in [2.45, 2.75) is 36.9 Å². The Balaban J connectivity index is 1.98. The molecule has 2 rings (SSSR count). The number of amides is 1. The first kappa shape index (κ1) is 15.0. The Bertz CT molecular complexity index is 485. The molecule has 110 valence electrons. The van der Waals surface area contributed by atoms with Crippen LogP contribution in [0.25, 0.3) is 0 Å². The van der Waals surface area contributed by atoms with Gasteiger partial charge in [-0.15, -0.1) is 0 Å². The van der Waals surface area contributed by atoms with Gasteiger partial charge in [-0.05, 0) is 37.3 Å². The van der Waals surface area contributed by atoms with E-state index >= 15 is 0 Å². The van der Waals surface area contributed by atoms with Crippen LogP contribution in [-0.2, 0) is 0 Å². The third kappa shape index (κ3) is 3.39. The molecule has 1 aromatic carbocycles. The first-order valence-corrected chi connectivity index (χ1v) is 8.21. The molecule has 5 heteroatoms. The lowest BCUT2D eigenvalue weighted by Gasteiger charge is -2.35. The van der Waals surface area contributed by atoms with Crippen molar-refractivity contribution in [3.63, 3.8) is 0 Å². The number of thioether (sulfide) groups is 1. The third-order valence-corrected chi connectivity index (χ3v) is 5.48. The second-order valence-electron chi connectivity index (χ2n) is 5.40. The number of aromatic hydroxyl groups is 1. The van der Waals surface area contributed by atoms with Gasteiger partial charge in [-0.3, -0.25) is 4.79 Å². The first-order valence-electron chi connectivity index (χ1n) is 6.98. The molecule has 1 aliphatic rings. The van der Waals surface area contributed by atoms with E-state index in [1.165, 1.54) is 25.3 Å². The van der Waals surface area contributed by atoms with Gasteiger partial charge in [-0.1, -0.05) is 19.3 Å². The summed E-state index contributed by atoms with van der Waals surface area (Å²) < 4.78 is 0.170. The van der Waals surface area contributed by atoms with E-state index in [1.54, 1.807) is 12.1 Å². The highest BCUT2D eigenvalue weighted by Gasteiger charge is 2.31. The van der Waals surface area contributed by atoms with Crippen molar-refractivity contribution in [1.82, 2.24) is 5.32 Å². The number of carbonyl (C=O) groups is 1. The van der Waals surface area contributed by atoms with Crippen LogP contribution in [-0.4, -0.2) is 28.6 Å². The normalized spacial score (nSPS) is 17.6. The van der Waals surface area contributed by atoms with Gasteiger partial charge in [-0.25, -0.2) is 0 Å². The van der Waals surface area contributed by atoms with E-state index in [0.717, 1.165) is 12.8 Å². The third-order valence-electron chi connectivity index (χ3n) is 4.06. The number of hydrogen-bond acceptors (Lipinski definition) is 4. The van der Waals surface area contributed by atoms with Crippen LogP contribution in [0.5, 0.6) is 5.75 Å². The Morgan fingerprint density at radius 2 is 2.10 bits per heavy atom. The minimum Gasteiger partial charge on any atom is -0.506 e. The van der Waals surface area contributed by atoms with Crippen LogP contribution >= 0.6 is 11.8 Å². The topological polar surface area (TPSA) is 75.4 Å². The second-order valence-corrected chi connectivity index (χ2v) is 6.68. The summed E-state index contributed by atoms with van der Waals surface area (Å²) in [5, 5.41) is 12.5. The van der Waals surface area contributed by atoms with Crippen molar-refractivity contribution in [3.05, 3.63) is 23.8 Å². The van der Waals surface area contributed by atoms with Gasteiger partial charge in [0.2, 0.25) is 0 Å². The number of benzene rings is 1. The number of nitrogen functional groups attached to an aromatic ring is 1. The Labute approximate surface area is 124 Å². The number of rotatable bonds is 4. The summed E-state index contributed by atoms with van der Waals surface area (Å²) in [6.45, 7) is 0.679. The summed E-state index contributed by atoms with van der Waals surface area (Å²) in [5.74, 6) is -0.200. The van der Waals surface area contributed by atoms with E-state index in [2.05, 4.69) is 11.6 Å². The number of nitrogens with one attached hydrogen (secondary N) is 1. The molecule has 0 atom stereocenters. The fourth-order valence-electron chi connectivity index (χ4n) is 2.68. The standard InChI is InChI=1S/C15H22N2O2S/c1-20-15(7-3-2-4-8-15)10-17-14(19)11-5-6-12(16)13(18)9-11/h5-6,9,18H,2-4,7-8,10,16H2,1H3,(H,17,19).